The molecule has 0 aromatic rings. The summed E-state index contributed by atoms with van der Waals surface area (Å²) < 4.78 is 34.1. The number of unbranched alkanes of at least 4 members (excludes halogenated alkanes) is 17. The van der Waals surface area contributed by atoms with Crippen molar-refractivity contribution in [1.82, 2.24) is 0 Å². The predicted octanol–water partition coefficient (Wildman–Crippen LogP) is 8.60. The molecule has 246 valence electrons. The summed E-state index contributed by atoms with van der Waals surface area (Å²) in [5.74, 6) is -0.364. The molecule has 0 aliphatic carbocycles. The third kappa shape index (κ3) is 30.8. The van der Waals surface area contributed by atoms with Crippen molar-refractivity contribution in [2.45, 2.75) is 148 Å². The Bertz CT molecular complexity index is 642. The quantitative estimate of drug-likeness (QED) is 0.0365. The van der Waals surface area contributed by atoms with Gasteiger partial charge in [0.25, 0.3) is 0 Å². The lowest BCUT2D eigenvalue weighted by molar-refractivity contribution is -0.870. The van der Waals surface area contributed by atoms with Crippen LogP contribution in [0.25, 0.3) is 0 Å². The second-order valence-electron chi connectivity index (χ2n) is 12.6. The minimum atomic E-state index is -4.23. The van der Waals surface area contributed by atoms with Crippen LogP contribution in [0.3, 0.4) is 0 Å². The molecule has 0 aromatic heterocycles. The number of carbonyl (C=O) groups excluding carboxylic acids is 1. The lowest BCUT2D eigenvalue weighted by Crippen LogP contribution is -2.37. The van der Waals surface area contributed by atoms with Crippen LogP contribution in [0.1, 0.15) is 142 Å². The number of nitrogens with zero attached hydrogens (tertiary/aromatic N) is 1. The van der Waals surface area contributed by atoms with E-state index in [1.807, 2.05) is 28.1 Å². The van der Waals surface area contributed by atoms with Crippen LogP contribution in [-0.4, -0.2) is 75.6 Å². The first-order valence-corrected chi connectivity index (χ1v) is 18.3. The molecule has 9 heteroatoms. The van der Waals surface area contributed by atoms with E-state index >= 15 is 0 Å². The molecule has 0 radical (unpaired) electrons. The van der Waals surface area contributed by atoms with Gasteiger partial charge in [-0.2, -0.15) is 0 Å². The van der Waals surface area contributed by atoms with E-state index in [2.05, 4.69) is 6.92 Å². The second kappa shape index (κ2) is 27.1. The van der Waals surface area contributed by atoms with Gasteiger partial charge in [-0.25, -0.2) is 4.57 Å². The number of carbonyl (C=O) groups is 1. The molecular formula is C32H67NO7P+. The van der Waals surface area contributed by atoms with Gasteiger partial charge < -0.3 is 18.9 Å². The summed E-state index contributed by atoms with van der Waals surface area (Å²) in [4.78, 5) is 21.9. The summed E-state index contributed by atoms with van der Waals surface area (Å²) in [7, 11) is 1.67. The molecule has 0 rings (SSSR count). The average Bonchev–Trinajstić information content (AvgIpc) is 2.89. The highest BCUT2D eigenvalue weighted by atomic mass is 31.2. The highest BCUT2D eigenvalue weighted by Gasteiger charge is 2.26. The van der Waals surface area contributed by atoms with Crippen LogP contribution in [0.15, 0.2) is 0 Å². The van der Waals surface area contributed by atoms with E-state index in [4.69, 9.17) is 18.5 Å². The van der Waals surface area contributed by atoms with E-state index < -0.39 is 13.9 Å². The predicted molar refractivity (Wildman–Crippen MR) is 169 cm³/mol. The number of phosphoric acid groups is 1. The Morgan fingerprint density at radius 3 is 1.56 bits per heavy atom. The van der Waals surface area contributed by atoms with Gasteiger partial charge in [0.05, 0.1) is 34.4 Å². The molecule has 0 fully saturated rings. The zero-order valence-corrected chi connectivity index (χ0v) is 28.4. The summed E-state index contributed by atoms with van der Waals surface area (Å²) in [5, 5.41) is 0. The lowest BCUT2D eigenvalue weighted by Gasteiger charge is -2.24. The van der Waals surface area contributed by atoms with E-state index in [9.17, 15) is 14.3 Å². The molecule has 0 saturated carbocycles. The molecule has 0 heterocycles. The first-order valence-electron chi connectivity index (χ1n) is 16.8. The van der Waals surface area contributed by atoms with Gasteiger partial charge in [0, 0.05) is 13.0 Å². The van der Waals surface area contributed by atoms with Crippen molar-refractivity contribution in [3.63, 3.8) is 0 Å². The highest BCUT2D eigenvalue weighted by molar-refractivity contribution is 7.47. The van der Waals surface area contributed by atoms with Crippen LogP contribution in [0.4, 0.5) is 0 Å². The first kappa shape index (κ1) is 40.5. The number of ether oxygens (including phenoxy) is 2. The summed E-state index contributed by atoms with van der Waals surface area (Å²) in [6, 6.07) is 0. The number of hydrogen-bond donors (Lipinski definition) is 1. The molecule has 0 aromatic carbocycles. The molecule has 2 unspecified atom stereocenters. The van der Waals surface area contributed by atoms with Gasteiger partial charge in [-0.1, -0.05) is 123 Å². The van der Waals surface area contributed by atoms with Crippen molar-refractivity contribution >= 4 is 13.8 Å². The fourth-order valence-electron chi connectivity index (χ4n) is 4.53. The Morgan fingerprint density at radius 2 is 1.12 bits per heavy atom. The molecule has 8 nitrogen and oxygen atoms in total. The van der Waals surface area contributed by atoms with Crippen molar-refractivity contribution in [3.8, 4) is 0 Å². The van der Waals surface area contributed by atoms with Crippen molar-refractivity contribution in [1.29, 1.82) is 0 Å². The Hall–Kier alpha value is -0.500. The monoisotopic (exact) mass is 608 g/mol. The number of esters is 1. The van der Waals surface area contributed by atoms with Crippen LogP contribution in [-0.2, 0) is 27.9 Å². The van der Waals surface area contributed by atoms with Gasteiger partial charge in [-0.3, -0.25) is 13.8 Å². The molecule has 0 spiro atoms. The van der Waals surface area contributed by atoms with Gasteiger partial charge in [0.2, 0.25) is 0 Å². The molecule has 41 heavy (non-hydrogen) atoms. The lowest BCUT2D eigenvalue weighted by atomic mass is 10.0. The van der Waals surface area contributed by atoms with Gasteiger partial charge >= 0.3 is 13.8 Å². The Kier molecular flexibility index (Phi) is 26.7. The van der Waals surface area contributed by atoms with Crippen LogP contribution in [0, 0.1) is 0 Å². The maximum absolute atomic E-state index is 12.2. The summed E-state index contributed by atoms with van der Waals surface area (Å²) in [5.41, 5.74) is 0. The van der Waals surface area contributed by atoms with Crippen molar-refractivity contribution < 1.29 is 37.3 Å². The van der Waals surface area contributed by atoms with Gasteiger partial charge in [0.15, 0.2) is 0 Å². The van der Waals surface area contributed by atoms with Gasteiger partial charge in [-0.15, -0.1) is 0 Å². The molecule has 0 aliphatic rings. The Labute approximate surface area is 253 Å². The fourth-order valence-corrected chi connectivity index (χ4v) is 5.27. The Balaban J connectivity index is 3.82. The van der Waals surface area contributed by atoms with Crippen LogP contribution in [0.5, 0.6) is 0 Å². The van der Waals surface area contributed by atoms with E-state index in [-0.39, 0.29) is 32.2 Å². The first-order chi connectivity index (χ1) is 19.6. The number of rotatable bonds is 31. The average molecular weight is 609 g/mol. The third-order valence-corrected chi connectivity index (χ3v) is 8.12. The minimum absolute atomic E-state index is 0.0907. The summed E-state index contributed by atoms with van der Waals surface area (Å²) in [6.07, 6.45) is 24.2. The zero-order valence-electron chi connectivity index (χ0n) is 27.5. The molecule has 0 saturated heterocycles. The number of quaternary nitrogens is 1. The Morgan fingerprint density at radius 1 is 0.659 bits per heavy atom. The smallest absolute Gasteiger partial charge is 0.457 e. The zero-order chi connectivity index (χ0) is 30.7. The molecular weight excluding hydrogens is 541 g/mol. The number of likely N-dealkylation sites (N-methyl/N-ethyl adjacent to an activating group) is 1. The maximum atomic E-state index is 12.2. The van der Waals surface area contributed by atoms with Gasteiger partial charge in [-0.05, 0) is 12.8 Å². The van der Waals surface area contributed by atoms with Crippen LogP contribution in [0.2, 0.25) is 0 Å². The summed E-state index contributed by atoms with van der Waals surface area (Å²) >= 11 is 0. The molecule has 2 atom stereocenters. The third-order valence-electron chi connectivity index (χ3n) is 7.14. The number of phosphoric ester groups is 1. The maximum Gasteiger partial charge on any atom is 0.472 e. The van der Waals surface area contributed by atoms with E-state index in [0.717, 1.165) is 12.8 Å². The number of hydrogen-bond acceptors (Lipinski definition) is 6. The second-order valence-corrected chi connectivity index (χ2v) is 14.0. The fraction of sp³-hybridized carbons (Fsp3) is 0.969. The molecule has 0 bridgehead atoms. The largest absolute Gasteiger partial charge is 0.472 e. The van der Waals surface area contributed by atoms with Crippen molar-refractivity contribution in [2.24, 2.45) is 0 Å². The highest BCUT2D eigenvalue weighted by Crippen LogP contribution is 2.43. The van der Waals surface area contributed by atoms with Crippen molar-refractivity contribution in [3.05, 3.63) is 0 Å². The van der Waals surface area contributed by atoms with Crippen LogP contribution >= 0.6 is 7.82 Å². The van der Waals surface area contributed by atoms with E-state index in [1.165, 1.54) is 103 Å². The molecule has 0 amide bonds. The minimum Gasteiger partial charge on any atom is -0.457 e. The van der Waals surface area contributed by atoms with E-state index in [1.54, 1.807) is 0 Å². The SMILES string of the molecule is CCCCCCCCCCCCCCCCCCCCOCC(COP(=O)(O)OCC[N+](C)(C)C)OC(=O)CCC. The van der Waals surface area contributed by atoms with Crippen molar-refractivity contribution in [2.75, 3.05) is 54.1 Å². The normalized spacial score (nSPS) is 14.2. The van der Waals surface area contributed by atoms with Crippen LogP contribution < -0.4 is 0 Å². The molecule has 0 aliphatic heterocycles. The molecule has 1 N–H and O–H groups in total. The summed E-state index contributed by atoms with van der Waals surface area (Å²) in [6.45, 7) is 5.28. The van der Waals surface area contributed by atoms with Gasteiger partial charge in [0.1, 0.15) is 19.3 Å². The standard InChI is InChI=1S/C32H66NO7P/c1-6-8-9-10-11-12-13-14-15-16-17-18-19-20-21-22-23-24-27-37-29-31(40-32(34)25-7-2)30-39-41(35,36)38-28-26-33(3,4)5/h31H,6-30H2,1-5H3/p+1. The van der Waals surface area contributed by atoms with E-state index in [0.29, 0.717) is 24.1 Å². The topological polar surface area (TPSA) is 91.3 Å².